The molecule has 6 nitrogen and oxygen atoms in total. The summed E-state index contributed by atoms with van der Waals surface area (Å²) in [6, 6.07) is 3.11. The summed E-state index contributed by atoms with van der Waals surface area (Å²) in [6.07, 6.45) is 4.38. The maximum atomic E-state index is 9.39. The van der Waals surface area contributed by atoms with Gasteiger partial charge >= 0.3 is 6.01 Å². The summed E-state index contributed by atoms with van der Waals surface area (Å²) in [5.41, 5.74) is 0. The van der Waals surface area contributed by atoms with Gasteiger partial charge in [0.25, 0.3) is 0 Å². The highest BCUT2D eigenvalue weighted by Crippen LogP contribution is 2.41. The highest BCUT2D eigenvalue weighted by molar-refractivity contribution is 5.47. The van der Waals surface area contributed by atoms with E-state index in [1.165, 1.54) is 0 Å². The van der Waals surface area contributed by atoms with Gasteiger partial charge in [-0.2, -0.15) is 9.97 Å². The molecule has 20 heavy (non-hydrogen) atoms. The Morgan fingerprint density at radius 2 is 1.90 bits per heavy atom. The van der Waals surface area contributed by atoms with Gasteiger partial charge in [-0.3, -0.25) is 0 Å². The molecule has 6 heteroatoms. The van der Waals surface area contributed by atoms with Gasteiger partial charge in [0.15, 0.2) is 0 Å². The number of aliphatic hydroxyl groups is 1. The first-order chi connectivity index (χ1) is 9.75. The monoisotopic (exact) mass is 279 g/mol. The fraction of sp³-hybridized carbons (Fsp3) is 0.714. The lowest BCUT2D eigenvalue weighted by atomic mass is 9.91. The van der Waals surface area contributed by atoms with Gasteiger partial charge in [0.2, 0.25) is 5.88 Å². The minimum Gasteiger partial charge on any atom is -0.481 e. The zero-order valence-corrected chi connectivity index (χ0v) is 12.0. The number of aromatic nitrogens is 2. The number of nitrogens with zero attached hydrogens (tertiary/aromatic N) is 3. The third-order valence-electron chi connectivity index (χ3n) is 4.41. The first kappa shape index (κ1) is 13.4. The Balaban J connectivity index is 1.90. The van der Waals surface area contributed by atoms with Crippen molar-refractivity contribution in [3.8, 4) is 11.9 Å². The molecule has 3 atom stereocenters. The van der Waals surface area contributed by atoms with Crippen LogP contribution in [0.15, 0.2) is 6.07 Å². The number of hydrogen-bond acceptors (Lipinski definition) is 6. The summed E-state index contributed by atoms with van der Waals surface area (Å²) in [5, 5.41) is 9.39. The fourth-order valence-corrected chi connectivity index (χ4v) is 3.53. The minimum atomic E-state index is 0.289. The van der Waals surface area contributed by atoms with Crippen molar-refractivity contribution in [2.24, 2.45) is 5.92 Å². The van der Waals surface area contributed by atoms with E-state index >= 15 is 0 Å². The van der Waals surface area contributed by atoms with Crippen molar-refractivity contribution < 1.29 is 14.6 Å². The van der Waals surface area contributed by atoms with E-state index in [-0.39, 0.29) is 6.61 Å². The Kier molecular flexibility index (Phi) is 3.65. The lowest BCUT2D eigenvalue weighted by Crippen LogP contribution is -2.44. The molecule has 3 rings (SSSR count). The molecule has 2 aliphatic rings. The Morgan fingerprint density at radius 1 is 1.20 bits per heavy atom. The predicted molar refractivity (Wildman–Crippen MR) is 74.2 cm³/mol. The normalized spacial score (nSPS) is 28.6. The van der Waals surface area contributed by atoms with Crippen LogP contribution in [-0.4, -0.2) is 48.0 Å². The summed E-state index contributed by atoms with van der Waals surface area (Å²) in [6.45, 7) is 0.289. The van der Waals surface area contributed by atoms with Gasteiger partial charge in [0, 0.05) is 24.8 Å². The molecule has 2 bridgehead atoms. The molecule has 2 saturated heterocycles. The van der Waals surface area contributed by atoms with Crippen molar-refractivity contribution in [2.75, 3.05) is 25.7 Å². The van der Waals surface area contributed by atoms with E-state index in [0.717, 1.165) is 31.5 Å². The highest BCUT2D eigenvalue weighted by Gasteiger charge is 2.41. The summed E-state index contributed by atoms with van der Waals surface area (Å²) in [5.74, 6) is 1.82. The molecule has 1 aromatic heterocycles. The zero-order chi connectivity index (χ0) is 14.1. The number of aliphatic hydroxyl groups excluding tert-OH is 1. The van der Waals surface area contributed by atoms with Gasteiger partial charge in [0.05, 0.1) is 14.2 Å². The van der Waals surface area contributed by atoms with Crippen LogP contribution in [0.25, 0.3) is 0 Å². The van der Waals surface area contributed by atoms with Crippen LogP contribution < -0.4 is 14.4 Å². The molecule has 2 aliphatic heterocycles. The van der Waals surface area contributed by atoms with E-state index in [1.54, 1.807) is 14.2 Å². The maximum absolute atomic E-state index is 9.39. The quantitative estimate of drug-likeness (QED) is 0.894. The van der Waals surface area contributed by atoms with Gasteiger partial charge in [-0.05, 0) is 31.6 Å². The van der Waals surface area contributed by atoms with E-state index in [4.69, 9.17) is 9.47 Å². The molecule has 110 valence electrons. The summed E-state index contributed by atoms with van der Waals surface area (Å²) >= 11 is 0. The predicted octanol–water partition coefficient (Wildman–Crippen LogP) is 1.23. The van der Waals surface area contributed by atoms with Crippen LogP contribution >= 0.6 is 0 Å². The van der Waals surface area contributed by atoms with E-state index < -0.39 is 0 Å². The Morgan fingerprint density at radius 3 is 2.45 bits per heavy atom. The van der Waals surface area contributed by atoms with E-state index in [9.17, 15) is 5.11 Å². The molecule has 0 saturated carbocycles. The average molecular weight is 279 g/mol. The molecule has 0 radical (unpaired) electrons. The van der Waals surface area contributed by atoms with Crippen molar-refractivity contribution in [2.45, 2.75) is 37.8 Å². The number of rotatable bonds is 4. The average Bonchev–Trinajstić information content (AvgIpc) is 2.76. The molecule has 0 aliphatic carbocycles. The number of anilines is 1. The molecule has 0 aromatic carbocycles. The Labute approximate surface area is 118 Å². The van der Waals surface area contributed by atoms with Gasteiger partial charge in [-0.15, -0.1) is 0 Å². The zero-order valence-electron chi connectivity index (χ0n) is 12.0. The summed E-state index contributed by atoms with van der Waals surface area (Å²) in [4.78, 5) is 11.0. The second-order valence-electron chi connectivity index (χ2n) is 5.57. The number of piperidine rings is 1. The lowest BCUT2D eigenvalue weighted by Gasteiger charge is -2.39. The maximum Gasteiger partial charge on any atom is 0.321 e. The topological polar surface area (TPSA) is 67.7 Å². The van der Waals surface area contributed by atoms with Gasteiger partial charge in [-0.1, -0.05) is 0 Å². The highest BCUT2D eigenvalue weighted by atomic mass is 16.5. The van der Waals surface area contributed by atoms with Crippen LogP contribution in [0.5, 0.6) is 11.9 Å². The van der Waals surface area contributed by atoms with Gasteiger partial charge in [-0.25, -0.2) is 0 Å². The third kappa shape index (κ3) is 2.28. The van der Waals surface area contributed by atoms with Crippen LogP contribution in [0.3, 0.4) is 0 Å². The van der Waals surface area contributed by atoms with Crippen LogP contribution in [0.4, 0.5) is 5.82 Å². The van der Waals surface area contributed by atoms with Crippen LogP contribution in [-0.2, 0) is 0 Å². The molecule has 2 fully saturated rings. The number of hydrogen-bond donors (Lipinski definition) is 1. The standard InChI is InChI=1S/C14H21N3O3/c1-19-13-7-12(15-14(16-13)20-2)17-10-3-4-11(17)6-9(5-10)8-18/h7,9-11,18H,3-6,8H2,1-2H3/t9?,10-,11+. The fourth-order valence-electron chi connectivity index (χ4n) is 3.53. The van der Waals surface area contributed by atoms with E-state index in [0.29, 0.717) is 29.9 Å². The lowest BCUT2D eigenvalue weighted by molar-refractivity contribution is 0.185. The number of fused-ring (bicyclic) bond motifs is 2. The number of ether oxygens (including phenoxy) is 2. The summed E-state index contributed by atoms with van der Waals surface area (Å²) < 4.78 is 10.4. The molecule has 3 heterocycles. The second kappa shape index (κ2) is 5.44. The Bertz CT molecular complexity index is 446. The molecule has 1 N–H and O–H groups in total. The summed E-state index contributed by atoms with van der Waals surface area (Å²) in [7, 11) is 3.16. The first-order valence-corrected chi connectivity index (χ1v) is 7.11. The van der Waals surface area contributed by atoms with Crippen molar-refractivity contribution >= 4 is 5.82 Å². The van der Waals surface area contributed by atoms with Crippen molar-refractivity contribution in [3.05, 3.63) is 6.07 Å². The molecule has 1 aromatic rings. The van der Waals surface area contributed by atoms with Crippen LogP contribution in [0.2, 0.25) is 0 Å². The molecular formula is C14H21N3O3. The van der Waals surface area contributed by atoms with Gasteiger partial charge < -0.3 is 19.5 Å². The minimum absolute atomic E-state index is 0.289. The SMILES string of the molecule is COc1cc(N2[C@@H]3CC[C@H]2CC(CO)C3)nc(OC)n1. The smallest absolute Gasteiger partial charge is 0.321 e. The van der Waals surface area contributed by atoms with Crippen LogP contribution in [0, 0.1) is 5.92 Å². The van der Waals surface area contributed by atoms with Crippen molar-refractivity contribution in [1.82, 2.24) is 9.97 Å². The molecule has 0 amide bonds. The molecular weight excluding hydrogens is 258 g/mol. The molecule has 1 unspecified atom stereocenters. The third-order valence-corrected chi connectivity index (χ3v) is 4.41. The first-order valence-electron chi connectivity index (χ1n) is 7.11. The van der Waals surface area contributed by atoms with E-state index in [1.807, 2.05) is 6.07 Å². The molecule has 0 spiro atoms. The van der Waals surface area contributed by atoms with Gasteiger partial charge in [0.1, 0.15) is 5.82 Å². The Hall–Kier alpha value is -1.56. The van der Waals surface area contributed by atoms with E-state index in [2.05, 4.69) is 14.9 Å². The second-order valence-corrected chi connectivity index (χ2v) is 5.57. The van der Waals surface area contributed by atoms with Crippen molar-refractivity contribution in [1.29, 1.82) is 0 Å². The van der Waals surface area contributed by atoms with Crippen LogP contribution in [0.1, 0.15) is 25.7 Å². The van der Waals surface area contributed by atoms with Crippen molar-refractivity contribution in [3.63, 3.8) is 0 Å². The number of methoxy groups -OCH3 is 2. The largest absolute Gasteiger partial charge is 0.481 e.